The highest BCUT2D eigenvalue weighted by Crippen LogP contribution is 2.21. The van der Waals surface area contributed by atoms with Gasteiger partial charge < -0.3 is 15.1 Å². The minimum Gasteiger partial charge on any atom is -0.340 e. The topological polar surface area (TPSA) is 112 Å². The maximum Gasteiger partial charge on any atom is 0.244 e. The van der Waals surface area contributed by atoms with Gasteiger partial charge in [0.1, 0.15) is 12.6 Å². The maximum absolute atomic E-state index is 13.1. The summed E-state index contributed by atoms with van der Waals surface area (Å²) in [4.78, 5) is 55.2. The van der Waals surface area contributed by atoms with E-state index in [1.165, 1.54) is 4.90 Å². The summed E-state index contributed by atoms with van der Waals surface area (Å²) in [5.41, 5.74) is 2.17. The van der Waals surface area contributed by atoms with E-state index < -0.39 is 6.04 Å². The number of anilines is 1. The number of rotatable bonds is 15. The van der Waals surface area contributed by atoms with Crippen LogP contribution in [0.25, 0.3) is 0 Å². The molecule has 0 aliphatic carbocycles. The first-order chi connectivity index (χ1) is 19.6. The van der Waals surface area contributed by atoms with E-state index in [-0.39, 0.29) is 30.3 Å². The maximum atomic E-state index is 13.1. The molecule has 1 aromatic carbocycles. The zero-order valence-corrected chi connectivity index (χ0v) is 26.4. The van der Waals surface area contributed by atoms with E-state index >= 15 is 0 Å². The Hall–Kier alpha value is -3.62. The molecule has 1 N–H and O–H groups in total. The normalized spacial score (nSPS) is 12.7. The van der Waals surface area contributed by atoms with Crippen LogP contribution < -0.4 is 5.32 Å². The summed E-state index contributed by atoms with van der Waals surface area (Å²) < 4.78 is 0. The van der Waals surface area contributed by atoms with Gasteiger partial charge in [0.2, 0.25) is 18.2 Å². The Kier molecular flexibility index (Phi) is 19.3. The SMILES string of the molecule is CC.CC.CCC/C=C\N(C=O)CC(=O)Nc1ccc(CCN(CC(N=O)C2=CCN=C2)C(=O)CC(C)(C)C)cc1. The van der Waals surface area contributed by atoms with E-state index in [0.29, 0.717) is 38.0 Å². The van der Waals surface area contributed by atoms with Gasteiger partial charge in [-0.15, -0.1) is 0 Å². The summed E-state index contributed by atoms with van der Waals surface area (Å²) in [5, 5.41) is 6.05. The van der Waals surface area contributed by atoms with Crippen molar-refractivity contribution in [1.82, 2.24) is 9.80 Å². The van der Waals surface area contributed by atoms with Gasteiger partial charge in [-0.2, -0.15) is 4.91 Å². The third kappa shape index (κ3) is 15.7. The third-order valence-electron chi connectivity index (χ3n) is 5.73. The summed E-state index contributed by atoms with van der Waals surface area (Å²) in [5.74, 6) is -0.314. The van der Waals surface area contributed by atoms with Crippen molar-refractivity contribution >= 4 is 30.1 Å². The molecule has 1 aliphatic heterocycles. The number of carbonyl (C=O) groups excluding carboxylic acids is 3. The molecule has 0 saturated carbocycles. The highest BCUT2D eigenvalue weighted by atomic mass is 16.3. The van der Waals surface area contributed by atoms with Crippen LogP contribution in [0.15, 0.2) is 58.4 Å². The molecule has 1 aromatic rings. The molecule has 0 aromatic heterocycles. The molecule has 0 fully saturated rings. The Labute approximate surface area is 247 Å². The first-order valence-corrected chi connectivity index (χ1v) is 14.7. The second-order valence-electron chi connectivity index (χ2n) is 10.3. The molecule has 0 spiro atoms. The number of nitrogens with zero attached hydrogens (tertiary/aromatic N) is 4. The minimum absolute atomic E-state index is 0.0201. The molecule has 228 valence electrons. The molecule has 0 saturated heterocycles. The lowest BCUT2D eigenvalue weighted by Gasteiger charge is -2.28. The van der Waals surface area contributed by atoms with Crippen molar-refractivity contribution in [2.45, 2.75) is 87.1 Å². The molecule has 1 aliphatic rings. The average Bonchev–Trinajstić information content (AvgIpc) is 3.49. The fraction of sp³-hybridized carbons (Fsp3) is 0.562. The van der Waals surface area contributed by atoms with Crippen LogP contribution in [-0.4, -0.2) is 66.5 Å². The number of benzene rings is 1. The quantitative estimate of drug-likeness (QED) is 0.194. The summed E-state index contributed by atoms with van der Waals surface area (Å²) in [7, 11) is 0. The predicted molar refractivity (Wildman–Crippen MR) is 170 cm³/mol. The number of nitrogens with one attached hydrogen (secondary N) is 1. The van der Waals surface area contributed by atoms with E-state index in [2.05, 4.69) is 15.5 Å². The number of aliphatic imine (C=N–C) groups is 1. The fourth-order valence-electron chi connectivity index (χ4n) is 3.77. The van der Waals surface area contributed by atoms with Crippen molar-refractivity contribution in [3.05, 3.63) is 58.7 Å². The molecule has 0 bridgehead atoms. The number of carbonyl (C=O) groups is 3. The molecule has 1 atom stereocenters. The Morgan fingerprint density at radius 1 is 1.12 bits per heavy atom. The molecule has 2 rings (SSSR count). The Balaban J connectivity index is 0.00000382. The third-order valence-corrected chi connectivity index (χ3v) is 5.73. The number of nitroso groups, excluding NO2 is 1. The van der Waals surface area contributed by atoms with E-state index in [4.69, 9.17) is 0 Å². The van der Waals surface area contributed by atoms with Crippen molar-refractivity contribution in [1.29, 1.82) is 0 Å². The van der Waals surface area contributed by atoms with E-state index in [0.717, 1.165) is 24.0 Å². The van der Waals surface area contributed by atoms with Crippen LogP contribution in [0, 0.1) is 10.3 Å². The Morgan fingerprint density at radius 2 is 1.78 bits per heavy atom. The molecular weight excluding hydrogens is 518 g/mol. The van der Waals surface area contributed by atoms with Gasteiger partial charge in [0.05, 0.1) is 13.1 Å². The summed E-state index contributed by atoms with van der Waals surface area (Å²) in [6.07, 6.45) is 10.4. The lowest BCUT2D eigenvalue weighted by molar-refractivity contribution is -0.133. The van der Waals surface area contributed by atoms with Crippen molar-refractivity contribution in [2.24, 2.45) is 15.6 Å². The molecule has 9 heteroatoms. The number of amides is 3. The van der Waals surface area contributed by atoms with E-state index in [9.17, 15) is 19.3 Å². The molecular formula is C32H51N5O4. The zero-order valence-electron chi connectivity index (χ0n) is 26.4. The lowest BCUT2D eigenvalue weighted by atomic mass is 9.91. The Bertz CT molecular complexity index is 1010. The second kappa shape index (κ2) is 21.2. The van der Waals surface area contributed by atoms with Crippen molar-refractivity contribution in [2.75, 3.05) is 31.5 Å². The monoisotopic (exact) mass is 569 g/mol. The van der Waals surface area contributed by atoms with E-state index in [1.54, 1.807) is 29.4 Å². The molecule has 1 unspecified atom stereocenters. The van der Waals surface area contributed by atoms with Gasteiger partial charge in [0.15, 0.2) is 0 Å². The molecule has 3 amide bonds. The number of hydrogen-bond acceptors (Lipinski definition) is 6. The predicted octanol–water partition coefficient (Wildman–Crippen LogP) is 6.40. The van der Waals surface area contributed by atoms with Crippen molar-refractivity contribution in [3.63, 3.8) is 0 Å². The van der Waals surface area contributed by atoms with Gasteiger partial charge in [-0.25, -0.2) is 0 Å². The Morgan fingerprint density at radius 3 is 2.29 bits per heavy atom. The lowest BCUT2D eigenvalue weighted by Crippen LogP contribution is -2.40. The average molecular weight is 570 g/mol. The van der Waals surface area contributed by atoms with Crippen LogP contribution in [-0.2, 0) is 20.8 Å². The highest BCUT2D eigenvalue weighted by molar-refractivity contribution is 5.93. The van der Waals surface area contributed by atoms with Crippen LogP contribution >= 0.6 is 0 Å². The van der Waals surface area contributed by atoms with Crippen LogP contribution in [0.1, 0.15) is 80.2 Å². The molecule has 41 heavy (non-hydrogen) atoms. The van der Waals surface area contributed by atoms with Crippen molar-refractivity contribution in [3.8, 4) is 0 Å². The first kappa shape index (κ1) is 37.4. The van der Waals surface area contributed by atoms with Crippen LogP contribution in [0.3, 0.4) is 0 Å². The molecule has 9 nitrogen and oxygen atoms in total. The van der Waals surface area contributed by atoms with Crippen molar-refractivity contribution < 1.29 is 14.4 Å². The number of allylic oxidation sites excluding steroid dienone is 1. The van der Waals surface area contributed by atoms with Gasteiger partial charge in [-0.05, 0) is 41.5 Å². The smallest absolute Gasteiger partial charge is 0.244 e. The number of unbranched alkanes of at least 4 members (excludes halogenated alkanes) is 1. The summed E-state index contributed by atoms with van der Waals surface area (Å²) >= 11 is 0. The van der Waals surface area contributed by atoms with Gasteiger partial charge >= 0.3 is 0 Å². The summed E-state index contributed by atoms with van der Waals surface area (Å²) in [6, 6.07) is 6.73. The van der Waals surface area contributed by atoms with Crippen LogP contribution in [0.2, 0.25) is 0 Å². The van der Waals surface area contributed by atoms with Gasteiger partial charge in [-0.1, -0.05) is 91.3 Å². The summed E-state index contributed by atoms with van der Waals surface area (Å²) in [6.45, 7) is 17.2. The minimum atomic E-state index is -0.643. The second-order valence-corrected chi connectivity index (χ2v) is 10.3. The zero-order chi connectivity index (χ0) is 31.3. The fourth-order valence-corrected chi connectivity index (χ4v) is 3.77. The molecule has 1 heterocycles. The standard InChI is InChI=1S/C28H39N5O4.2C2H6/c1-5-6-7-15-32(21-34)20-26(35)30-24-10-8-22(9-11-24)13-16-33(27(36)17-28(2,3)4)19-25(31-37)23-12-14-29-18-23;2*1-2/h7-12,15,18,21,25H,5-6,13-14,16-17,19-20H2,1-4H3,(H,30,35);2*1-2H3/b15-7-;;. The van der Waals surface area contributed by atoms with Crippen LogP contribution in [0.4, 0.5) is 5.69 Å². The largest absolute Gasteiger partial charge is 0.340 e. The van der Waals surface area contributed by atoms with Crippen LogP contribution in [0.5, 0.6) is 0 Å². The molecule has 0 radical (unpaired) electrons. The van der Waals surface area contributed by atoms with Gasteiger partial charge in [0.25, 0.3) is 0 Å². The van der Waals surface area contributed by atoms with Gasteiger partial charge in [-0.3, -0.25) is 19.4 Å². The number of hydrogen-bond donors (Lipinski definition) is 1. The van der Waals surface area contributed by atoms with Gasteiger partial charge in [0, 0.05) is 31.1 Å². The highest BCUT2D eigenvalue weighted by Gasteiger charge is 2.26. The van der Waals surface area contributed by atoms with E-state index in [1.807, 2.05) is 79.7 Å². The first-order valence-electron chi connectivity index (χ1n) is 14.7.